The van der Waals surface area contributed by atoms with Gasteiger partial charge in [0.1, 0.15) is 0 Å². The normalized spacial score (nSPS) is 31.4. The van der Waals surface area contributed by atoms with E-state index >= 15 is 0 Å². The minimum Gasteiger partial charge on any atom is -0.368 e. The molecule has 1 aliphatic heterocycles. The lowest BCUT2D eigenvalue weighted by molar-refractivity contribution is 0.699. The first-order valence-corrected chi connectivity index (χ1v) is 4.81. The molecule has 68 valence electrons. The van der Waals surface area contributed by atoms with Crippen molar-refractivity contribution < 1.29 is 0 Å². The lowest BCUT2D eigenvalue weighted by Gasteiger charge is -2.36. The number of hydrogen-bond acceptors (Lipinski definition) is 1. The lowest BCUT2D eigenvalue weighted by atomic mass is 9.69. The summed E-state index contributed by atoms with van der Waals surface area (Å²) >= 11 is 0. The van der Waals surface area contributed by atoms with Gasteiger partial charge in [-0.15, -0.1) is 0 Å². The summed E-state index contributed by atoms with van der Waals surface area (Å²) in [5.41, 5.74) is 2.64. The zero-order valence-corrected chi connectivity index (χ0v) is 7.77. The molecule has 0 aromatic heterocycles. The molecule has 1 heteroatoms. The first-order valence-electron chi connectivity index (χ1n) is 4.81. The van der Waals surface area contributed by atoms with Crippen LogP contribution in [0.15, 0.2) is 72.2 Å². The number of dihydropyridines is 1. The van der Waals surface area contributed by atoms with Crippen LogP contribution in [0.2, 0.25) is 0 Å². The van der Waals surface area contributed by atoms with Gasteiger partial charge < -0.3 is 5.32 Å². The standard InChI is InChI=1S/C13H11N/c1-2-7-13-8-9-14-10-12(13)6-3-5-11(13)4-1/h1-10,14H. The molecular formula is C13H11N. The quantitative estimate of drug-likeness (QED) is 0.605. The molecule has 1 N–H and O–H groups in total. The number of rotatable bonds is 0. The average Bonchev–Trinajstić information content (AvgIpc) is 2.26. The van der Waals surface area contributed by atoms with E-state index in [0.717, 1.165) is 0 Å². The number of hydrogen-bond donors (Lipinski definition) is 1. The second-order valence-electron chi connectivity index (χ2n) is 3.67. The molecule has 3 rings (SSSR count). The van der Waals surface area contributed by atoms with Crippen LogP contribution >= 0.6 is 0 Å². The topological polar surface area (TPSA) is 12.0 Å². The number of nitrogens with one attached hydrogen (secondary N) is 1. The van der Waals surface area contributed by atoms with E-state index in [9.17, 15) is 0 Å². The van der Waals surface area contributed by atoms with Gasteiger partial charge in [0.25, 0.3) is 0 Å². The van der Waals surface area contributed by atoms with E-state index in [1.165, 1.54) is 11.1 Å². The molecule has 0 bridgehead atoms. The summed E-state index contributed by atoms with van der Waals surface area (Å²) in [5.74, 6) is 0. The minimum atomic E-state index is -0.00521. The summed E-state index contributed by atoms with van der Waals surface area (Å²) in [4.78, 5) is 0. The van der Waals surface area contributed by atoms with E-state index in [1.54, 1.807) is 0 Å². The zero-order valence-electron chi connectivity index (χ0n) is 7.77. The highest BCUT2D eigenvalue weighted by molar-refractivity contribution is 5.58. The van der Waals surface area contributed by atoms with Crippen molar-refractivity contribution in [3.05, 3.63) is 72.2 Å². The van der Waals surface area contributed by atoms with Crippen molar-refractivity contribution in [3.63, 3.8) is 0 Å². The Morgan fingerprint density at radius 1 is 0.929 bits per heavy atom. The first-order chi connectivity index (χ1) is 6.92. The Labute approximate surface area is 83.5 Å². The fourth-order valence-corrected chi connectivity index (χ4v) is 2.18. The molecule has 0 saturated heterocycles. The van der Waals surface area contributed by atoms with Crippen LogP contribution in [0.25, 0.3) is 0 Å². The van der Waals surface area contributed by atoms with E-state index in [-0.39, 0.29) is 5.41 Å². The molecule has 0 fully saturated rings. The van der Waals surface area contributed by atoms with E-state index in [2.05, 4.69) is 60.1 Å². The van der Waals surface area contributed by atoms with Crippen LogP contribution in [-0.2, 0) is 0 Å². The van der Waals surface area contributed by atoms with Gasteiger partial charge in [-0.05, 0) is 23.4 Å². The molecule has 0 aromatic rings. The summed E-state index contributed by atoms with van der Waals surface area (Å²) in [6.07, 6.45) is 21.3. The van der Waals surface area contributed by atoms with Crippen LogP contribution in [-0.4, -0.2) is 0 Å². The molecule has 1 unspecified atom stereocenters. The molecule has 2 aliphatic carbocycles. The average molecular weight is 181 g/mol. The highest BCUT2D eigenvalue weighted by Gasteiger charge is 2.34. The van der Waals surface area contributed by atoms with E-state index in [1.807, 2.05) is 6.20 Å². The fourth-order valence-electron chi connectivity index (χ4n) is 2.18. The Balaban J connectivity index is 2.24. The third kappa shape index (κ3) is 0.841. The summed E-state index contributed by atoms with van der Waals surface area (Å²) in [7, 11) is 0. The van der Waals surface area contributed by atoms with Crippen molar-refractivity contribution in [1.82, 2.24) is 5.32 Å². The van der Waals surface area contributed by atoms with Gasteiger partial charge in [0, 0.05) is 6.20 Å². The van der Waals surface area contributed by atoms with Crippen LogP contribution in [0.3, 0.4) is 0 Å². The van der Waals surface area contributed by atoms with E-state index in [4.69, 9.17) is 0 Å². The molecule has 1 heterocycles. The molecule has 1 spiro atoms. The smallest absolute Gasteiger partial charge is 0.0596 e. The summed E-state index contributed by atoms with van der Waals surface area (Å²) in [6, 6.07) is 0. The Morgan fingerprint density at radius 3 is 2.86 bits per heavy atom. The highest BCUT2D eigenvalue weighted by Crippen LogP contribution is 2.45. The minimum absolute atomic E-state index is 0.00521. The monoisotopic (exact) mass is 181 g/mol. The van der Waals surface area contributed by atoms with Crippen molar-refractivity contribution >= 4 is 0 Å². The lowest BCUT2D eigenvalue weighted by Crippen LogP contribution is -2.27. The van der Waals surface area contributed by atoms with E-state index < -0.39 is 0 Å². The molecule has 0 aromatic carbocycles. The summed E-state index contributed by atoms with van der Waals surface area (Å²) in [5, 5.41) is 3.13. The van der Waals surface area contributed by atoms with Crippen LogP contribution in [0.1, 0.15) is 0 Å². The van der Waals surface area contributed by atoms with Crippen molar-refractivity contribution in [3.8, 4) is 0 Å². The van der Waals surface area contributed by atoms with Crippen molar-refractivity contribution in [1.29, 1.82) is 0 Å². The summed E-state index contributed by atoms with van der Waals surface area (Å²) in [6.45, 7) is 0. The maximum atomic E-state index is 3.13. The molecule has 0 radical (unpaired) electrons. The van der Waals surface area contributed by atoms with Crippen LogP contribution in [0.4, 0.5) is 0 Å². The molecular weight excluding hydrogens is 170 g/mol. The fraction of sp³-hybridized carbons (Fsp3) is 0.0769. The van der Waals surface area contributed by atoms with Gasteiger partial charge >= 0.3 is 0 Å². The van der Waals surface area contributed by atoms with Crippen molar-refractivity contribution in [2.75, 3.05) is 0 Å². The van der Waals surface area contributed by atoms with Gasteiger partial charge in [-0.3, -0.25) is 0 Å². The van der Waals surface area contributed by atoms with Gasteiger partial charge in [0.15, 0.2) is 0 Å². The predicted octanol–water partition coefficient (Wildman–Crippen LogP) is 2.60. The van der Waals surface area contributed by atoms with Crippen LogP contribution in [0, 0.1) is 5.41 Å². The Hall–Kier alpha value is -1.76. The summed E-state index contributed by atoms with van der Waals surface area (Å²) < 4.78 is 0. The van der Waals surface area contributed by atoms with Crippen molar-refractivity contribution in [2.24, 2.45) is 5.41 Å². The van der Waals surface area contributed by atoms with Gasteiger partial charge in [-0.2, -0.15) is 0 Å². The first kappa shape index (κ1) is 7.63. The Morgan fingerprint density at radius 2 is 1.86 bits per heavy atom. The van der Waals surface area contributed by atoms with Gasteiger partial charge in [0.05, 0.1) is 5.41 Å². The third-order valence-corrected chi connectivity index (χ3v) is 2.93. The Kier molecular flexibility index (Phi) is 1.42. The SMILES string of the molecule is C1=CC2=CC=CC3=CNC=CC23C=C1. The van der Waals surface area contributed by atoms with Gasteiger partial charge in [-0.25, -0.2) is 0 Å². The third-order valence-electron chi connectivity index (χ3n) is 2.93. The molecule has 14 heavy (non-hydrogen) atoms. The maximum absolute atomic E-state index is 3.13. The second kappa shape index (κ2) is 2.61. The molecule has 1 nitrogen and oxygen atoms in total. The van der Waals surface area contributed by atoms with E-state index in [0.29, 0.717) is 0 Å². The zero-order chi connectivity index (χ0) is 9.43. The van der Waals surface area contributed by atoms with Gasteiger partial charge in [-0.1, -0.05) is 42.5 Å². The Bertz CT molecular complexity index is 444. The highest BCUT2D eigenvalue weighted by atomic mass is 14.8. The number of allylic oxidation sites excluding steroid dienone is 10. The largest absolute Gasteiger partial charge is 0.368 e. The van der Waals surface area contributed by atoms with Gasteiger partial charge in [0.2, 0.25) is 0 Å². The molecule has 0 amide bonds. The molecule has 1 atom stereocenters. The second-order valence-corrected chi connectivity index (χ2v) is 3.67. The maximum Gasteiger partial charge on any atom is 0.0596 e. The van der Waals surface area contributed by atoms with Crippen molar-refractivity contribution in [2.45, 2.75) is 0 Å². The van der Waals surface area contributed by atoms with Crippen LogP contribution in [0.5, 0.6) is 0 Å². The molecule has 0 saturated carbocycles. The predicted molar refractivity (Wildman–Crippen MR) is 58.3 cm³/mol. The molecule has 3 aliphatic rings. The van der Waals surface area contributed by atoms with Crippen LogP contribution < -0.4 is 5.32 Å².